The molecule has 8 nitrogen and oxygen atoms in total. The monoisotopic (exact) mass is 495 g/mol. The van der Waals surface area contributed by atoms with Gasteiger partial charge in [0.2, 0.25) is 10.0 Å². The van der Waals surface area contributed by atoms with Gasteiger partial charge >= 0.3 is 7.05 Å². The lowest BCUT2D eigenvalue weighted by Gasteiger charge is -2.28. The molecule has 1 fully saturated rings. The molecule has 0 aromatic heterocycles. The van der Waals surface area contributed by atoms with Crippen LogP contribution in [0.25, 0.3) is 0 Å². The number of carbonyl (C=O) groups excluding carboxylic acids is 2. The van der Waals surface area contributed by atoms with E-state index in [9.17, 15) is 23.0 Å². The van der Waals surface area contributed by atoms with E-state index in [2.05, 4.69) is 4.72 Å². The van der Waals surface area contributed by atoms with Gasteiger partial charge in [-0.05, 0) is 43.6 Å². The van der Waals surface area contributed by atoms with Crippen LogP contribution in [-0.4, -0.2) is 67.2 Å². The summed E-state index contributed by atoms with van der Waals surface area (Å²) in [6, 6.07) is 9.75. The van der Waals surface area contributed by atoms with Crippen molar-refractivity contribution in [3.05, 3.63) is 63.6 Å². The number of imide groups is 1. The molecule has 0 aliphatic carbocycles. The van der Waals surface area contributed by atoms with Gasteiger partial charge in [0.1, 0.15) is 4.90 Å². The molecule has 168 valence electrons. The Morgan fingerprint density at radius 3 is 2.34 bits per heavy atom. The summed E-state index contributed by atoms with van der Waals surface area (Å²) >= 11 is 12.0. The highest BCUT2D eigenvalue weighted by atomic mass is 35.5. The molecule has 4 rings (SSSR count). The van der Waals surface area contributed by atoms with E-state index in [1.807, 2.05) is 0 Å². The number of fused-ring (bicyclic) bond motifs is 1. The van der Waals surface area contributed by atoms with Crippen LogP contribution < -0.4 is 4.72 Å². The molecule has 2 aromatic carbocycles. The second-order valence-electron chi connectivity index (χ2n) is 7.88. The van der Waals surface area contributed by atoms with Crippen molar-refractivity contribution < 1.29 is 23.0 Å². The molecule has 2 aliphatic rings. The number of hydrogen-bond donors (Lipinski definition) is 2. The summed E-state index contributed by atoms with van der Waals surface area (Å²) in [5.41, 5.74) is 0.680. The molecule has 0 saturated carbocycles. The van der Waals surface area contributed by atoms with Gasteiger partial charge in [-0.15, -0.1) is 0 Å². The highest BCUT2D eigenvalue weighted by Gasteiger charge is 2.43. The minimum atomic E-state index is -3.98. The molecule has 2 heterocycles. The van der Waals surface area contributed by atoms with Gasteiger partial charge in [-0.25, -0.2) is 13.1 Å². The van der Waals surface area contributed by atoms with Crippen molar-refractivity contribution in [2.24, 2.45) is 0 Å². The topological polar surface area (TPSA) is 107 Å². The van der Waals surface area contributed by atoms with E-state index in [1.54, 1.807) is 35.9 Å². The fourth-order valence-corrected chi connectivity index (χ4v) is 6.25. The molecule has 1 saturated heterocycles. The third-order valence-corrected chi connectivity index (χ3v) is 7.95. The highest BCUT2D eigenvalue weighted by molar-refractivity contribution is 7.89. The average Bonchev–Trinajstić information content (AvgIpc) is 3.24. The smallest absolute Gasteiger partial charge is 0.376 e. The van der Waals surface area contributed by atoms with E-state index in [0.717, 1.165) is 4.90 Å². The second kappa shape index (κ2) is 8.77. The van der Waals surface area contributed by atoms with Crippen LogP contribution in [0, 0.1) is 0 Å². The van der Waals surface area contributed by atoms with Gasteiger partial charge in [-0.1, -0.05) is 35.3 Å². The maximum absolute atomic E-state index is 12.9. The summed E-state index contributed by atoms with van der Waals surface area (Å²) in [5, 5.41) is 10.5. The van der Waals surface area contributed by atoms with Gasteiger partial charge < -0.3 is 9.83 Å². The Balaban J connectivity index is 1.52. The van der Waals surface area contributed by atoms with Gasteiger partial charge in [0.05, 0.1) is 16.1 Å². The molecule has 12 heteroatoms. The number of nitrogens with one attached hydrogen (secondary N) is 1. The molecule has 32 heavy (non-hydrogen) atoms. The predicted molar refractivity (Wildman–Crippen MR) is 121 cm³/mol. The summed E-state index contributed by atoms with van der Waals surface area (Å²) in [7, 11) is -4.89. The number of sulfonamides is 1. The average molecular weight is 496 g/mol. The maximum atomic E-state index is 12.9. The van der Waals surface area contributed by atoms with E-state index >= 15 is 0 Å². The highest BCUT2D eigenvalue weighted by Crippen LogP contribution is 2.29. The predicted octanol–water partition coefficient (Wildman–Crippen LogP) is 2.12. The Bertz CT molecular complexity index is 1160. The third-order valence-electron chi connectivity index (χ3n) is 5.71. The quantitative estimate of drug-likeness (QED) is 0.469. The minimum Gasteiger partial charge on any atom is -0.437 e. The molecule has 0 unspecified atom stereocenters. The van der Waals surface area contributed by atoms with Crippen molar-refractivity contribution in [2.45, 2.75) is 30.2 Å². The Hall–Kier alpha value is -1.95. The Kier molecular flexibility index (Phi) is 6.37. The first-order valence-electron chi connectivity index (χ1n) is 9.95. The van der Waals surface area contributed by atoms with Crippen LogP contribution in [0.3, 0.4) is 0 Å². The molecule has 2 amide bonds. The van der Waals surface area contributed by atoms with Crippen LogP contribution in [0.15, 0.2) is 47.4 Å². The molecular formula is C20H20BCl2N3O5S. The molecule has 0 spiro atoms. The maximum Gasteiger partial charge on any atom is 0.376 e. The first-order chi connectivity index (χ1) is 15.1. The molecule has 2 aromatic rings. The zero-order chi connectivity index (χ0) is 23.2. The molecule has 2 N–H and O–H groups in total. The van der Waals surface area contributed by atoms with E-state index in [0.29, 0.717) is 11.1 Å². The second-order valence-corrected chi connectivity index (χ2v) is 10.4. The largest absolute Gasteiger partial charge is 0.437 e. The lowest BCUT2D eigenvalue weighted by Crippen LogP contribution is -2.48. The van der Waals surface area contributed by atoms with Crippen molar-refractivity contribution in [1.82, 2.24) is 14.4 Å². The number of hydrogen-bond acceptors (Lipinski definition) is 6. The summed E-state index contributed by atoms with van der Waals surface area (Å²) in [6.07, 6.45) is 0.287. The number of amides is 2. The summed E-state index contributed by atoms with van der Waals surface area (Å²) in [6.45, 7) is 1.79. The number of rotatable bonds is 6. The van der Waals surface area contributed by atoms with Gasteiger partial charge in [-0.3, -0.25) is 14.5 Å². The summed E-state index contributed by atoms with van der Waals surface area (Å²) < 4.78 is 28.4. The Morgan fingerprint density at radius 1 is 1.12 bits per heavy atom. The lowest BCUT2D eigenvalue weighted by atomic mass is 9.84. The van der Waals surface area contributed by atoms with Crippen molar-refractivity contribution in [3.8, 4) is 0 Å². The number of nitrogens with zero attached hydrogens (tertiary/aromatic N) is 2. The lowest BCUT2D eigenvalue weighted by molar-refractivity contribution is 0.0625. The molecule has 2 atom stereocenters. The zero-order valence-corrected chi connectivity index (χ0v) is 19.4. The van der Waals surface area contributed by atoms with Gasteiger partial charge in [0.25, 0.3) is 11.8 Å². The third kappa shape index (κ3) is 4.31. The minimum absolute atomic E-state index is 0.0351. The Labute approximate surface area is 196 Å². The van der Waals surface area contributed by atoms with Crippen molar-refractivity contribution in [2.75, 3.05) is 13.1 Å². The van der Waals surface area contributed by atoms with Crippen LogP contribution in [0.4, 0.5) is 0 Å². The zero-order valence-electron chi connectivity index (χ0n) is 17.0. The van der Waals surface area contributed by atoms with Crippen molar-refractivity contribution in [1.29, 1.82) is 0 Å². The number of carbonyl (C=O) groups is 2. The van der Waals surface area contributed by atoms with Crippen LogP contribution in [0.5, 0.6) is 0 Å². The molecule has 0 radical (unpaired) electrons. The number of benzene rings is 2. The number of halogens is 2. The van der Waals surface area contributed by atoms with Crippen LogP contribution >= 0.6 is 23.2 Å². The van der Waals surface area contributed by atoms with Gasteiger partial charge in [0, 0.05) is 30.2 Å². The van der Waals surface area contributed by atoms with Crippen molar-refractivity contribution in [3.63, 3.8) is 0 Å². The van der Waals surface area contributed by atoms with E-state index < -0.39 is 41.0 Å². The molecular weight excluding hydrogens is 476 g/mol. The van der Waals surface area contributed by atoms with Gasteiger partial charge in [0.15, 0.2) is 0 Å². The Morgan fingerprint density at radius 2 is 1.75 bits per heavy atom. The SMILES string of the molecule is CB(O)N1C[C@H](NS(=O)(=O)c2cc(Cl)ccc2Cl)C[C@@H]1CN1C(=O)c2ccccc2C1=O. The van der Waals surface area contributed by atoms with Gasteiger partial charge in [-0.2, -0.15) is 0 Å². The van der Waals surface area contributed by atoms with Crippen LogP contribution in [-0.2, 0) is 10.0 Å². The standard InChI is InChI=1S/C20H20BCl2N3O5S/c1-21(29)26-10-13(24-32(30,31)18-8-12(22)6-7-17(18)23)9-14(26)11-25-19(27)15-4-2-3-5-16(15)20(25)28/h2-8,13-14,24,29H,9-11H2,1H3/t13-,14-/m1/s1. The molecule has 0 bridgehead atoms. The molecule has 2 aliphatic heterocycles. The van der Waals surface area contributed by atoms with E-state index in [-0.39, 0.29) is 34.5 Å². The van der Waals surface area contributed by atoms with Crippen LogP contribution in [0.2, 0.25) is 16.9 Å². The normalized spacial score (nSPS) is 21.3. The van der Waals surface area contributed by atoms with Crippen LogP contribution in [0.1, 0.15) is 27.1 Å². The first kappa shape index (κ1) is 23.2. The summed E-state index contributed by atoms with van der Waals surface area (Å²) in [5.74, 6) is -0.795. The summed E-state index contributed by atoms with van der Waals surface area (Å²) in [4.78, 5) is 28.1. The van der Waals surface area contributed by atoms with E-state index in [4.69, 9.17) is 23.2 Å². The van der Waals surface area contributed by atoms with Crippen molar-refractivity contribution >= 4 is 52.1 Å². The van der Waals surface area contributed by atoms with E-state index in [1.165, 1.54) is 18.2 Å². The first-order valence-corrected chi connectivity index (χ1v) is 12.2. The fraction of sp³-hybridized carbons (Fsp3) is 0.300. The fourth-order valence-electron chi connectivity index (χ4n) is 4.25.